The standard InChI is InChI=1S/C18H26N4O2/c1-3-17(23)21-9-10-22(13-21)18(24)15-6-7-19-16(11-15)20-8-4-5-14(2)12-20/h6-7,11,14H,3-5,8-10,12-13H2,1-2H3. The maximum atomic E-state index is 12.7. The number of carbonyl (C=O) groups excluding carboxylic acids is 2. The molecule has 2 saturated heterocycles. The van der Waals surface area contributed by atoms with E-state index in [-0.39, 0.29) is 11.8 Å². The Morgan fingerprint density at radius 2 is 2.04 bits per heavy atom. The van der Waals surface area contributed by atoms with Gasteiger partial charge in [0.25, 0.3) is 5.91 Å². The van der Waals surface area contributed by atoms with Gasteiger partial charge in [0.2, 0.25) is 5.91 Å². The van der Waals surface area contributed by atoms with E-state index in [2.05, 4.69) is 16.8 Å². The summed E-state index contributed by atoms with van der Waals surface area (Å²) < 4.78 is 0. The van der Waals surface area contributed by atoms with Gasteiger partial charge < -0.3 is 14.7 Å². The van der Waals surface area contributed by atoms with Gasteiger partial charge in [-0.3, -0.25) is 9.59 Å². The molecule has 0 aromatic carbocycles. The van der Waals surface area contributed by atoms with Crippen LogP contribution in [0, 0.1) is 5.92 Å². The van der Waals surface area contributed by atoms with Gasteiger partial charge >= 0.3 is 0 Å². The molecule has 6 nitrogen and oxygen atoms in total. The average Bonchev–Trinajstić information content (AvgIpc) is 3.10. The number of carbonyl (C=O) groups is 2. The topological polar surface area (TPSA) is 56.8 Å². The first-order chi connectivity index (χ1) is 11.6. The highest BCUT2D eigenvalue weighted by molar-refractivity contribution is 5.95. The van der Waals surface area contributed by atoms with E-state index in [9.17, 15) is 9.59 Å². The summed E-state index contributed by atoms with van der Waals surface area (Å²) in [6.07, 6.45) is 4.62. The number of pyridine rings is 1. The Labute approximate surface area is 143 Å². The molecule has 2 fully saturated rings. The molecule has 24 heavy (non-hydrogen) atoms. The monoisotopic (exact) mass is 330 g/mol. The highest BCUT2D eigenvalue weighted by Crippen LogP contribution is 2.22. The molecule has 0 saturated carbocycles. The van der Waals surface area contributed by atoms with E-state index >= 15 is 0 Å². The normalized spacial score (nSPS) is 21.2. The molecule has 0 spiro atoms. The molecule has 3 rings (SSSR count). The van der Waals surface area contributed by atoms with Crippen molar-refractivity contribution >= 4 is 17.6 Å². The number of piperidine rings is 1. The third-order valence-corrected chi connectivity index (χ3v) is 4.90. The number of nitrogens with zero attached hydrogens (tertiary/aromatic N) is 4. The van der Waals surface area contributed by atoms with Crippen molar-refractivity contribution in [1.29, 1.82) is 0 Å². The van der Waals surface area contributed by atoms with E-state index in [0.29, 0.717) is 37.7 Å². The molecular weight excluding hydrogens is 304 g/mol. The van der Waals surface area contributed by atoms with Gasteiger partial charge in [0.15, 0.2) is 0 Å². The van der Waals surface area contributed by atoms with Crippen LogP contribution in [0.5, 0.6) is 0 Å². The molecule has 1 aromatic rings. The molecule has 2 aliphatic heterocycles. The highest BCUT2D eigenvalue weighted by atomic mass is 16.2. The molecular formula is C18H26N4O2. The van der Waals surface area contributed by atoms with Gasteiger partial charge in [-0.25, -0.2) is 4.98 Å². The largest absolute Gasteiger partial charge is 0.356 e. The zero-order chi connectivity index (χ0) is 17.1. The van der Waals surface area contributed by atoms with Crippen LogP contribution in [0.2, 0.25) is 0 Å². The Balaban J connectivity index is 1.70. The van der Waals surface area contributed by atoms with Crippen LogP contribution in [0.3, 0.4) is 0 Å². The summed E-state index contributed by atoms with van der Waals surface area (Å²) in [5.41, 5.74) is 0.657. The third kappa shape index (κ3) is 3.52. The molecule has 1 unspecified atom stereocenters. The summed E-state index contributed by atoms with van der Waals surface area (Å²) in [4.78, 5) is 34.7. The molecule has 1 atom stereocenters. The minimum Gasteiger partial charge on any atom is -0.356 e. The number of amides is 2. The lowest BCUT2D eigenvalue weighted by Gasteiger charge is -2.32. The molecule has 0 bridgehead atoms. The van der Waals surface area contributed by atoms with E-state index < -0.39 is 0 Å². The predicted octanol–water partition coefficient (Wildman–Crippen LogP) is 1.97. The van der Waals surface area contributed by atoms with Crippen molar-refractivity contribution in [2.75, 3.05) is 37.7 Å². The van der Waals surface area contributed by atoms with E-state index in [1.807, 2.05) is 13.0 Å². The van der Waals surface area contributed by atoms with Crippen molar-refractivity contribution < 1.29 is 9.59 Å². The number of hydrogen-bond acceptors (Lipinski definition) is 4. The van der Waals surface area contributed by atoms with Gasteiger partial charge in [-0.1, -0.05) is 13.8 Å². The van der Waals surface area contributed by atoms with Gasteiger partial charge in [-0.15, -0.1) is 0 Å². The number of aromatic nitrogens is 1. The minimum atomic E-state index is -0.0184. The van der Waals surface area contributed by atoms with Crippen LogP contribution in [0.15, 0.2) is 18.3 Å². The Morgan fingerprint density at radius 3 is 2.79 bits per heavy atom. The predicted molar refractivity (Wildman–Crippen MR) is 92.8 cm³/mol. The van der Waals surface area contributed by atoms with Crippen molar-refractivity contribution in [2.24, 2.45) is 5.92 Å². The lowest BCUT2D eigenvalue weighted by molar-refractivity contribution is -0.130. The van der Waals surface area contributed by atoms with Crippen LogP contribution >= 0.6 is 0 Å². The van der Waals surface area contributed by atoms with Crippen molar-refractivity contribution in [1.82, 2.24) is 14.8 Å². The second kappa shape index (κ2) is 7.20. The lowest BCUT2D eigenvalue weighted by atomic mass is 10.0. The van der Waals surface area contributed by atoms with Crippen LogP contribution in [0.1, 0.15) is 43.5 Å². The van der Waals surface area contributed by atoms with E-state index in [1.165, 1.54) is 12.8 Å². The van der Waals surface area contributed by atoms with E-state index in [4.69, 9.17) is 0 Å². The van der Waals surface area contributed by atoms with Crippen LogP contribution in [-0.4, -0.2) is 59.4 Å². The molecule has 130 valence electrons. The van der Waals surface area contributed by atoms with Gasteiger partial charge in [-0.2, -0.15) is 0 Å². The SMILES string of the molecule is CCC(=O)N1CCN(C(=O)c2ccnc(N3CCCC(C)C3)c2)C1. The molecule has 0 radical (unpaired) electrons. The Morgan fingerprint density at radius 1 is 1.25 bits per heavy atom. The molecule has 2 aliphatic rings. The summed E-state index contributed by atoms with van der Waals surface area (Å²) in [6.45, 7) is 7.71. The Bertz CT molecular complexity index is 619. The summed E-state index contributed by atoms with van der Waals surface area (Å²) in [7, 11) is 0. The third-order valence-electron chi connectivity index (χ3n) is 4.90. The first-order valence-electron chi connectivity index (χ1n) is 8.86. The maximum Gasteiger partial charge on any atom is 0.255 e. The van der Waals surface area contributed by atoms with Crippen LogP contribution in [0.4, 0.5) is 5.82 Å². The Hall–Kier alpha value is -2.11. The zero-order valence-electron chi connectivity index (χ0n) is 14.6. The molecule has 0 aliphatic carbocycles. The number of hydrogen-bond donors (Lipinski definition) is 0. The van der Waals surface area contributed by atoms with Crippen LogP contribution in [-0.2, 0) is 4.79 Å². The van der Waals surface area contributed by atoms with Crippen molar-refractivity contribution in [3.8, 4) is 0 Å². The van der Waals surface area contributed by atoms with Gasteiger partial charge in [0.05, 0.1) is 6.67 Å². The second-order valence-electron chi connectivity index (χ2n) is 6.82. The van der Waals surface area contributed by atoms with Crippen LogP contribution in [0.25, 0.3) is 0 Å². The average molecular weight is 330 g/mol. The second-order valence-corrected chi connectivity index (χ2v) is 6.82. The Kier molecular flexibility index (Phi) is 5.02. The summed E-state index contributed by atoms with van der Waals surface area (Å²) in [6, 6.07) is 3.66. The molecule has 6 heteroatoms. The number of rotatable bonds is 3. The van der Waals surface area contributed by atoms with E-state index in [0.717, 1.165) is 18.9 Å². The maximum absolute atomic E-state index is 12.7. The van der Waals surface area contributed by atoms with Crippen molar-refractivity contribution in [3.05, 3.63) is 23.9 Å². The van der Waals surface area contributed by atoms with Crippen LogP contribution < -0.4 is 4.90 Å². The van der Waals surface area contributed by atoms with Crippen molar-refractivity contribution in [2.45, 2.75) is 33.1 Å². The van der Waals surface area contributed by atoms with Crippen molar-refractivity contribution in [3.63, 3.8) is 0 Å². The molecule has 2 amide bonds. The van der Waals surface area contributed by atoms with Gasteiger partial charge in [0.1, 0.15) is 5.82 Å². The smallest absolute Gasteiger partial charge is 0.255 e. The number of anilines is 1. The van der Waals surface area contributed by atoms with Gasteiger partial charge in [-0.05, 0) is 30.9 Å². The highest BCUT2D eigenvalue weighted by Gasteiger charge is 2.28. The molecule has 1 aromatic heterocycles. The summed E-state index contributed by atoms with van der Waals surface area (Å²) in [5, 5.41) is 0. The first kappa shape index (κ1) is 16.7. The minimum absolute atomic E-state index is 0.0184. The van der Waals surface area contributed by atoms with Gasteiger partial charge in [0, 0.05) is 44.4 Å². The fraction of sp³-hybridized carbons (Fsp3) is 0.611. The van der Waals surface area contributed by atoms with E-state index in [1.54, 1.807) is 22.1 Å². The molecule has 0 N–H and O–H groups in total. The lowest BCUT2D eigenvalue weighted by Crippen LogP contribution is -2.35. The summed E-state index contributed by atoms with van der Waals surface area (Å²) in [5.74, 6) is 1.62. The summed E-state index contributed by atoms with van der Waals surface area (Å²) >= 11 is 0. The quantitative estimate of drug-likeness (QED) is 0.850. The fourth-order valence-corrected chi connectivity index (χ4v) is 3.49. The molecule has 3 heterocycles. The fourth-order valence-electron chi connectivity index (χ4n) is 3.49. The first-order valence-corrected chi connectivity index (χ1v) is 8.86. The zero-order valence-corrected chi connectivity index (χ0v) is 14.6.